The van der Waals surface area contributed by atoms with Crippen molar-refractivity contribution >= 4 is 35.4 Å². The van der Waals surface area contributed by atoms with Gasteiger partial charge in [0.25, 0.3) is 0 Å². The van der Waals surface area contributed by atoms with Gasteiger partial charge in [-0.1, -0.05) is 54.6 Å². The van der Waals surface area contributed by atoms with Crippen LogP contribution in [0.2, 0.25) is 0 Å². The van der Waals surface area contributed by atoms with Crippen LogP contribution in [0.25, 0.3) is 0 Å². The minimum absolute atomic E-state index is 0.0211. The monoisotopic (exact) mass is 595 g/mol. The molecular weight excluding hydrogens is 554 g/mol. The number of benzene rings is 2. The molecule has 11 N–H and O–H groups in total. The van der Waals surface area contributed by atoms with Gasteiger partial charge >= 0.3 is 0 Å². The highest BCUT2D eigenvalue weighted by molar-refractivity contribution is 6.02. The molecule has 14 heteroatoms. The van der Waals surface area contributed by atoms with Crippen LogP contribution in [0.3, 0.4) is 0 Å². The van der Waals surface area contributed by atoms with E-state index >= 15 is 0 Å². The molecule has 0 aromatic heterocycles. The second-order valence-electron chi connectivity index (χ2n) is 10.1. The van der Waals surface area contributed by atoms with E-state index in [1.54, 1.807) is 24.3 Å². The van der Waals surface area contributed by atoms with Crippen molar-refractivity contribution in [2.45, 2.75) is 38.0 Å². The first kappa shape index (κ1) is 34.2. The van der Waals surface area contributed by atoms with E-state index in [-0.39, 0.29) is 44.4 Å². The molecule has 0 saturated carbocycles. The highest BCUT2D eigenvalue weighted by Gasteiger charge is 2.33. The van der Waals surface area contributed by atoms with Crippen molar-refractivity contribution in [2.24, 2.45) is 23.1 Å². The van der Waals surface area contributed by atoms with E-state index in [0.29, 0.717) is 17.5 Å². The number of amidine groups is 1. The molecule has 43 heavy (non-hydrogen) atoms. The molecule has 4 amide bonds. The zero-order valence-electron chi connectivity index (χ0n) is 24.4. The lowest BCUT2D eigenvalue weighted by Gasteiger charge is -2.25. The van der Waals surface area contributed by atoms with E-state index in [1.807, 2.05) is 30.3 Å². The molecule has 14 nitrogen and oxygen atoms in total. The molecule has 0 fully saturated rings. The number of ether oxygens (including phenoxy) is 1. The van der Waals surface area contributed by atoms with E-state index in [0.717, 1.165) is 5.56 Å². The van der Waals surface area contributed by atoms with Gasteiger partial charge in [-0.3, -0.25) is 30.0 Å². The van der Waals surface area contributed by atoms with Gasteiger partial charge in [0, 0.05) is 26.2 Å². The van der Waals surface area contributed by atoms with Crippen molar-refractivity contribution in [2.75, 3.05) is 27.2 Å². The van der Waals surface area contributed by atoms with Crippen LogP contribution in [0.1, 0.15) is 29.5 Å². The van der Waals surface area contributed by atoms with Crippen LogP contribution in [0.5, 0.6) is 0 Å². The minimum atomic E-state index is -1.26. The van der Waals surface area contributed by atoms with Gasteiger partial charge < -0.3 is 42.8 Å². The normalized spacial score (nSPS) is 12.7. The summed E-state index contributed by atoms with van der Waals surface area (Å²) in [6, 6.07) is 13.5. The summed E-state index contributed by atoms with van der Waals surface area (Å²) in [5.41, 5.74) is 18.3. The predicted molar refractivity (Wildman–Crippen MR) is 162 cm³/mol. The van der Waals surface area contributed by atoms with Crippen LogP contribution < -0.4 is 33.2 Å². The molecule has 0 bridgehead atoms. The number of nitrogens with two attached hydrogens (primary N) is 3. The fraction of sp³-hybridized carbons (Fsp3) is 0.379. The Labute approximate surface area is 250 Å². The van der Waals surface area contributed by atoms with Crippen molar-refractivity contribution in [1.29, 1.82) is 10.8 Å². The topological polar surface area (TPSA) is 243 Å². The van der Waals surface area contributed by atoms with E-state index in [4.69, 9.17) is 32.8 Å². The summed E-state index contributed by atoms with van der Waals surface area (Å²) in [6.07, 6.45) is 0.551. The predicted octanol–water partition coefficient (Wildman–Crippen LogP) is -0.847. The first-order valence-electron chi connectivity index (χ1n) is 13.6. The van der Waals surface area contributed by atoms with Crippen LogP contribution in [0, 0.1) is 16.7 Å². The molecule has 0 saturated heterocycles. The third kappa shape index (κ3) is 11.8. The Bertz CT molecular complexity index is 1270. The zero-order chi connectivity index (χ0) is 31.9. The molecule has 0 heterocycles. The molecule has 0 aliphatic rings. The smallest absolute Gasteiger partial charge is 0.245 e. The summed E-state index contributed by atoms with van der Waals surface area (Å²) < 4.78 is 5.75. The summed E-state index contributed by atoms with van der Waals surface area (Å²) in [4.78, 5) is 53.3. The number of nitrogens with zero attached hydrogens (tertiary/aromatic N) is 1. The molecule has 2 aromatic carbocycles. The number of hydrogen-bond acceptors (Lipinski definition) is 7. The van der Waals surface area contributed by atoms with Crippen LogP contribution in [0.4, 0.5) is 0 Å². The summed E-state index contributed by atoms with van der Waals surface area (Å²) >= 11 is 0. The fourth-order valence-corrected chi connectivity index (χ4v) is 4.07. The van der Waals surface area contributed by atoms with Crippen molar-refractivity contribution in [3.8, 4) is 0 Å². The largest absolute Gasteiger partial charge is 0.384 e. The zero-order valence-corrected chi connectivity index (χ0v) is 24.4. The number of primary amides is 1. The molecule has 0 aliphatic carbocycles. The molecule has 2 unspecified atom stereocenters. The lowest BCUT2D eigenvalue weighted by Crippen LogP contribution is -2.56. The van der Waals surface area contributed by atoms with E-state index in [9.17, 15) is 19.2 Å². The molecule has 0 aliphatic heterocycles. The van der Waals surface area contributed by atoms with Crippen LogP contribution in [0.15, 0.2) is 54.6 Å². The third-order valence-electron chi connectivity index (χ3n) is 6.43. The SMILES string of the molecule is CN(C)C(=O)C(Cc1ccc(C(=N)N)cc1)C(=O)NC(COCc1ccccc1)C(=O)N[C@@H](CCCNC(=N)N)C(N)=O. The first-order chi connectivity index (χ1) is 20.4. The number of hydrogen-bond donors (Lipinski definition) is 8. The molecular formula is C29H41N9O5. The minimum Gasteiger partial charge on any atom is -0.384 e. The van der Waals surface area contributed by atoms with Crippen LogP contribution >= 0.6 is 0 Å². The van der Waals surface area contributed by atoms with Crippen molar-refractivity contribution in [3.63, 3.8) is 0 Å². The van der Waals surface area contributed by atoms with Gasteiger partial charge in [-0.25, -0.2) is 0 Å². The summed E-state index contributed by atoms with van der Waals surface area (Å²) in [5, 5.41) is 22.6. The number of carbonyl (C=O) groups excluding carboxylic acids is 4. The number of amides is 4. The Hall–Kier alpha value is -4.98. The Kier molecular flexibility index (Phi) is 13.6. The lowest BCUT2D eigenvalue weighted by atomic mass is 9.95. The number of guanidine groups is 1. The molecule has 3 atom stereocenters. The Morgan fingerprint density at radius 2 is 1.49 bits per heavy atom. The number of nitrogens with one attached hydrogen (secondary N) is 5. The standard InChI is InChI=1S/C29H41N9O5/c1-38(2)28(42)21(15-18-10-12-20(13-11-18)24(30)31)26(40)37-23(17-43-16-19-7-4-3-5-8-19)27(41)36-22(25(32)39)9-6-14-35-29(33)34/h3-5,7-8,10-13,21-23H,6,9,14-17H2,1-2H3,(H3,30,31)(H2,32,39)(H,36,41)(H,37,40)(H4,33,34,35)/t21?,22-,23?/m0/s1. The maximum absolute atomic E-state index is 13.5. The van der Waals surface area contributed by atoms with E-state index < -0.39 is 41.6 Å². The maximum atomic E-state index is 13.5. The average molecular weight is 596 g/mol. The number of rotatable bonds is 17. The van der Waals surface area contributed by atoms with Crippen LogP contribution in [-0.2, 0) is 36.9 Å². The molecule has 0 spiro atoms. The summed E-state index contributed by atoms with van der Waals surface area (Å²) in [7, 11) is 3.04. The van der Waals surface area contributed by atoms with Gasteiger partial charge in [-0.2, -0.15) is 0 Å². The molecule has 0 radical (unpaired) electrons. The van der Waals surface area contributed by atoms with Gasteiger partial charge in [-0.05, 0) is 30.4 Å². The van der Waals surface area contributed by atoms with Gasteiger partial charge in [0.1, 0.15) is 23.8 Å². The number of carbonyl (C=O) groups is 4. The van der Waals surface area contributed by atoms with E-state index in [2.05, 4.69) is 16.0 Å². The maximum Gasteiger partial charge on any atom is 0.245 e. The van der Waals surface area contributed by atoms with Gasteiger partial charge in [-0.15, -0.1) is 0 Å². The molecule has 2 rings (SSSR count). The molecule has 2 aromatic rings. The average Bonchev–Trinajstić information content (AvgIpc) is 2.96. The first-order valence-corrected chi connectivity index (χ1v) is 13.6. The summed E-state index contributed by atoms with van der Waals surface area (Å²) in [6.45, 7) is 0.191. The van der Waals surface area contributed by atoms with Crippen molar-refractivity contribution in [3.05, 3.63) is 71.3 Å². The second-order valence-corrected chi connectivity index (χ2v) is 10.1. The second kappa shape index (κ2) is 17.1. The lowest BCUT2D eigenvalue weighted by molar-refractivity contribution is -0.142. The Balaban J connectivity index is 2.23. The van der Waals surface area contributed by atoms with Crippen molar-refractivity contribution in [1.82, 2.24) is 20.9 Å². The fourth-order valence-electron chi connectivity index (χ4n) is 4.07. The highest BCUT2D eigenvalue weighted by atomic mass is 16.5. The Morgan fingerprint density at radius 1 is 0.860 bits per heavy atom. The number of nitrogen functional groups attached to an aromatic ring is 1. The van der Waals surface area contributed by atoms with E-state index in [1.165, 1.54) is 19.0 Å². The van der Waals surface area contributed by atoms with Crippen molar-refractivity contribution < 1.29 is 23.9 Å². The molecule has 232 valence electrons. The Morgan fingerprint density at radius 3 is 2.05 bits per heavy atom. The third-order valence-corrected chi connectivity index (χ3v) is 6.43. The van der Waals surface area contributed by atoms with Gasteiger partial charge in [0.15, 0.2) is 5.96 Å². The van der Waals surface area contributed by atoms with Crippen LogP contribution in [-0.4, -0.2) is 79.7 Å². The van der Waals surface area contributed by atoms with Gasteiger partial charge in [0.2, 0.25) is 23.6 Å². The van der Waals surface area contributed by atoms with Gasteiger partial charge in [0.05, 0.1) is 13.2 Å². The quantitative estimate of drug-likeness (QED) is 0.0494. The summed E-state index contributed by atoms with van der Waals surface area (Å²) in [5.74, 6) is -4.21. The highest BCUT2D eigenvalue weighted by Crippen LogP contribution is 2.14.